The molecule has 1 fully saturated rings. The number of carbonyl (C=O) groups is 1. The average Bonchev–Trinajstić information content (AvgIpc) is 3.18. The molecular weight excluding hydrogens is 483 g/mol. The molecule has 2 N–H and O–H groups in total. The van der Waals surface area contributed by atoms with Crippen molar-refractivity contribution in [3.8, 4) is 17.2 Å². The van der Waals surface area contributed by atoms with Crippen molar-refractivity contribution >= 4 is 19.4 Å². The highest BCUT2D eigenvalue weighted by Gasteiger charge is 2.65. The van der Waals surface area contributed by atoms with Crippen molar-refractivity contribution in [3.63, 3.8) is 0 Å². The lowest BCUT2D eigenvalue weighted by molar-refractivity contribution is -0.114. The summed E-state index contributed by atoms with van der Waals surface area (Å²) in [7, 11) is -0.735. The SMILES string of the molecule is COc1ccc2c3c1O[C@H]1[C@@H](OP(=O)(O)Oc4ccc(NC(C)=O)cc4)C=C[C@H]4[C@@H](C2)N(C)CC[C@@]341. The first-order valence-corrected chi connectivity index (χ1v) is 13.6. The third-order valence-electron chi connectivity index (χ3n) is 7.99. The molecule has 9 nitrogen and oxygen atoms in total. The fourth-order valence-corrected chi connectivity index (χ4v) is 7.49. The molecule has 1 unspecified atom stereocenters. The van der Waals surface area contributed by atoms with E-state index in [0.29, 0.717) is 23.2 Å². The van der Waals surface area contributed by atoms with Crippen LogP contribution in [-0.4, -0.2) is 54.7 Å². The van der Waals surface area contributed by atoms with E-state index in [1.807, 2.05) is 12.1 Å². The van der Waals surface area contributed by atoms with Crippen LogP contribution >= 0.6 is 7.82 Å². The zero-order valence-electron chi connectivity index (χ0n) is 20.3. The standard InChI is InChI=1S/C26H29N2O7P/c1-15(29)27-17-5-7-18(8-6-17)34-36(30,31)35-22-11-9-19-20-14-16-4-10-21(32-3)24-23(16)26(19,25(22)33-24)12-13-28(20)2/h4-11,19-20,22,25H,12-14H2,1-3H3,(H,27,29)(H,30,31)/t19-,20+,22-,25-,26-/m0/s1. The van der Waals surface area contributed by atoms with Crippen molar-refractivity contribution in [1.82, 2.24) is 4.90 Å². The molecule has 2 aliphatic heterocycles. The Balaban J connectivity index is 1.31. The quantitative estimate of drug-likeness (QED) is 0.446. The topological polar surface area (TPSA) is 107 Å². The summed E-state index contributed by atoms with van der Waals surface area (Å²) in [6.07, 6.45) is 4.45. The summed E-state index contributed by atoms with van der Waals surface area (Å²) >= 11 is 0. The van der Waals surface area contributed by atoms with Crippen molar-refractivity contribution in [1.29, 1.82) is 0 Å². The molecule has 2 aromatic rings. The number of hydrogen-bond donors (Lipinski definition) is 2. The summed E-state index contributed by atoms with van der Waals surface area (Å²) in [4.78, 5) is 24.3. The smallest absolute Gasteiger partial charge is 0.493 e. The van der Waals surface area contributed by atoms with Crippen LogP contribution in [0.15, 0.2) is 48.6 Å². The Hall–Kier alpha value is -2.84. The van der Waals surface area contributed by atoms with Gasteiger partial charge >= 0.3 is 7.82 Å². The maximum absolute atomic E-state index is 13.1. The van der Waals surface area contributed by atoms with Crippen molar-refractivity contribution < 1.29 is 32.8 Å². The Kier molecular flexibility index (Phi) is 5.46. The number of methoxy groups -OCH3 is 1. The first-order valence-electron chi connectivity index (χ1n) is 12.1. The maximum Gasteiger partial charge on any atom is 0.528 e. The number of likely N-dealkylation sites (N-methyl/N-ethyl adjacent to an activating group) is 1. The monoisotopic (exact) mass is 512 g/mol. The summed E-state index contributed by atoms with van der Waals surface area (Å²) < 4.78 is 36.4. The number of likely N-dealkylation sites (tertiary alicyclic amines) is 1. The predicted molar refractivity (Wildman–Crippen MR) is 133 cm³/mol. The molecule has 2 heterocycles. The van der Waals surface area contributed by atoms with Gasteiger partial charge in [-0.3, -0.25) is 14.2 Å². The Morgan fingerprint density at radius 1 is 1.22 bits per heavy atom. The summed E-state index contributed by atoms with van der Waals surface area (Å²) in [5.41, 5.74) is 2.58. The minimum absolute atomic E-state index is 0.155. The predicted octanol–water partition coefficient (Wildman–Crippen LogP) is 3.66. The van der Waals surface area contributed by atoms with Crippen LogP contribution in [0.25, 0.3) is 0 Å². The Morgan fingerprint density at radius 3 is 2.72 bits per heavy atom. The molecule has 10 heteroatoms. The summed E-state index contributed by atoms with van der Waals surface area (Å²) in [6.45, 7) is 2.30. The fraction of sp³-hybridized carbons (Fsp3) is 0.423. The molecule has 4 aliphatic rings. The second-order valence-corrected chi connectivity index (χ2v) is 11.3. The number of ether oxygens (including phenoxy) is 2. The van der Waals surface area contributed by atoms with Crippen LogP contribution in [0.1, 0.15) is 24.5 Å². The number of carbonyl (C=O) groups excluding carboxylic acids is 1. The number of nitrogens with one attached hydrogen (secondary N) is 1. The van der Waals surface area contributed by atoms with Gasteiger partial charge in [-0.1, -0.05) is 18.2 Å². The largest absolute Gasteiger partial charge is 0.528 e. The van der Waals surface area contributed by atoms with Crippen molar-refractivity contribution in [3.05, 3.63) is 59.7 Å². The molecular formula is C26H29N2O7P. The van der Waals surface area contributed by atoms with Crippen molar-refractivity contribution in [2.45, 2.75) is 43.4 Å². The van der Waals surface area contributed by atoms with Gasteiger partial charge in [0.2, 0.25) is 5.91 Å². The van der Waals surface area contributed by atoms with Gasteiger partial charge in [0.1, 0.15) is 18.0 Å². The van der Waals surface area contributed by atoms with Gasteiger partial charge in [0.25, 0.3) is 0 Å². The number of phosphoric ester groups is 1. The number of benzene rings is 2. The molecule has 6 rings (SSSR count). The van der Waals surface area contributed by atoms with E-state index in [4.69, 9.17) is 18.5 Å². The van der Waals surface area contributed by atoms with Crippen molar-refractivity contribution in [2.24, 2.45) is 5.92 Å². The van der Waals surface area contributed by atoms with Gasteiger partial charge in [-0.15, -0.1) is 0 Å². The normalized spacial score (nSPS) is 31.1. The Bertz CT molecular complexity index is 1300. The van der Waals surface area contributed by atoms with E-state index in [0.717, 1.165) is 24.9 Å². The van der Waals surface area contributed by atoms with Gasteiger partial charge in [0.05, 0.1) is 7.11 Å². The highest BCUT2D eigenvalue weighted by atomic mass is 31.2. The first-order chi connectivity index (χ1) is 17.2. The molecule has 1 spiro atoms. The van der Waals surface area contributed by atoms with Crippen LogP contribution in [0.2, 0.25) is 0 Å². The number of amides is 1. The van der Waals surface area contributed by atoms with Gasteiger partial charge in [0, 0.05) is 35.5 Å². The van der Waals surface area contributed by atoms with E-state index in [9.17, 15) is 14.3 Å². The third kappa shape index (κ3) is 3.57. The summed E-state index contributed by atoms with van der Waals surface area (Å²) in [5, 5.41) is 2.64. The molecule has 0 radical (unpaired) electrons. The van der Waals surface area contributed by atoms with Crippen LogP contribution < -0.4 is 19.3 Å². The van der Waals surface area contributed by atoms with E-state index in [-0.39, 0.29) is 23.0 Å². The highest BCUT2D eigenvalue weighted by molar-refractivity contribution is 7.47. The van der Waals surface area contributed by atoms with Gasteiger partial charge in [-0.05, 0) is 62.3 Å². The molecule has 190 valence electrons. The second kappa shape index (κ2) is 8.35. The van der Waals surface area contributed by atoms with Gasteiger partial charge in [0.15, 0.2) is 11.5 Å². The van der Waals surface area contributed by atoms with Gasteiger partial charge in [-0.2, -0.15) is 0 Å². The van der Waals surface area contributed by atoms with Gasteiger partial charge in [-0.25, -0.2) is 4.57 Å². The lowest BCUT2D eigenvalue weighted by Crippen LogP contribution is -2.65. The molecule has 2 aromatic carbocycles. The minimum atomic E-state index is -4.51. The Morgan fingerprint density at radius 2 is 2.00 bits per heavy atom. The molecule has 2 aliphatic carbocycles. The first kappa shape index (κ1) is 23.6. The Labute approximate surface area is 209 Å². The van der Waals surface area contributed by atoms with E-state index in [1.165, 1.54) is 24.6 Å². The van der Waals surface area contributed by atoms with Gasteiger partial charge < -0.3 is 24.2 Å². The van der Waals surface area contributed by atoms with Crippen molar-refractivity contribution in [2.75, 3.05) is 26.0 Å². The number of phosphoric acid groups is 1. The molecule has 1 amide bonds. The van der Waals surface area contributed by atoms with E-state index >= 15 is 0 Å². The molecule has 36 heavy (non-hydrogen) atoms. The maximum atomic E-state index is 13.1. The zero-order valence-corrected chi connectivity index (χ0v) is 21.2. The number of anilines is 1. The number of piperidine rings is 1. The van der Waals surface area contributed by atoms with Crippen LogP contribution in [0.4, 0.5) is 5.69 Å². The van der Waals surface area contributed by atoms with Crippen LogP contribution in [0, 0.1) is 5.92 Å². The number of nitrogens with zero attached hydrogens (tertiary/aromatic N) is 1. The van der Waals surface area contributed by atoms with Crippen LogP contribution in [0.5, 0.6) is 17.2 Å². The number of hydrogen-bond acceptors (Lipinski definition) is 7. The molecule has 0 aromatic heterocycles. The zero-order chi connectivity index (χ0) is 25.2. The molecule has 1 saturated heterocycles. The number of rotatable bonds is 6. The van der Waals surface area contributed by atoms with Crippen LogP contribution in [0.3, 0.4) is 0 Å². The molecule has 0 saturated carbocycles. The highest BCUT2D eigenvalue weighted by Crippen LogP contribution is 2.63. The third-order valence-corrected chi connectivity index (χ3v) is 8.94. The second-order valence-electron chi connectivity index (χ2n) is 9.96. The lowest BCUT2D eigenvalue weighted by Gasteiger charge is -2.56. The summed E-state index contributed by atoms with van der Waals surface area (Å²) in [6, 6.07) is 10.6. The average molecular weight is 512 g/mol. The van der Waals surface area contributed by atoms with E-state index in [1.54, 1.807) is 19.2 Å². The lowest BCUT2D eigenvalue weighted by atomic mass is 9.53. The minimum Gasteiger partial charge on any atom is -0.493 e. The molecule has 2 bridgehead atoms. The van der Waals surface area contributed by atoms with E-state index < -0.39 is 20.0 Å². The fourth-order valence-electron chi connectivity index (χ4n) is 6.57. The summed E-state index contributed by atoms with van der Waals surface area (Å²) in [5.74, 6) is 1.52. The van der Waals surface area contributed by atoms with E-state index in [2.05, 4.69) is 29.4 Å². The molecule has 6 atom stereocenters. The van der Waals surface area contributed by atoms with Crippen LogP contribution in [-0.2, 0) is 25.7 Å².